The Kier molecular flexibility index (Phi) is 27.6. The molecule has 0 aromatic carbocycles. The summed E-state index contributed by atoms with van der Waals surface area (Å²) >= 11 is 3.94. The predicted molar refractivity (Wildman–Crippen MR) is 391 cm³/mol. The van der Waals surface area contributed by atoms with Crippen LogP contribution in [-0.4, -0.2) is 203 Å². The quantitative estimate of drug-likeness (QED) is 0.0188. The molecule has 0 bridgehead atoms. The van der Waals surface area contributed by atoms with Crippen LogP contribution in [0.4, 0.5) is 40.2 Å². The molecule has 564 valence electrons. The lowest BCUT2D eigenvalue weighted by molar-refractivity contribution is -0.121. The van der Waals surface area contributed by atoms with Crippen LogP contribution in [0, 0.1) is 0 Å². The summed E-state index contributed by atoms with van der Waals surface area (Å²) in [5.41, 5.74) is 1.98. The molecule has 13 amide bonds. The van der Waals surface area contributed by atoms with E-state index in [0.29, 0.717) is 24.5 Å². The van der Waals surface area contributed by atoms with Gasteiger partial charge in [-0.2, -0.15) is 12.6 Å². The highest BCUT2D eigenvalue weighted by Gasteiger charge is 2.24. The van der Waals surface area contributed by atoms with Gasteiger partial charge < -0.3 is 111 Å². The molecule has 0 atom stereocenters. The molecule has 8 rings (SSSR count). The molecule has 40 heteroatoms. The smallest absolute Gasteiger partial charge is 0.291 e. The number of rotatable bonds is 37. The van der Waals surface area contributed by atoms with Gasteiger partial charge in [0.25, 0.3) is 47.3 Å². The van der Waals surface area contributed by atoms with Crippen molar-refractivity contribution in [1.82, 2.24) is 93.3 Å². The van der Waals surface area contributed by atoms with Gasteiger partial charge in [0, 0.05) is 177 Å². The minimum atomic E-state index is -0.657. The summed E-state index contributed by atoms with van der Waals surface area (Å²) in [5.74, 6) is -5.79. The maximum Gasteiger partial charge on any atom is 0.291 e. The van der Waals surface area contributed by atoms with Crippen LogP contribution in [0.2, 0.25) is 0 Å². The number of hydrogen-bond acceptors (Lipinski definition) is 19. The number of thiol groups is 1. The average molecular weight is 1480 g/mol. The Morgan fingerprint density at radius 2 is 0.651 bits per heavy atom. The average Bonchev–Trinajstić information content (AvgIpc) is 1.70. The van der Waals surface area contributed by atoms with Crippen molar-refractivity contribution in [2.45, 2.75) is 44.9 Å². The van der Waals surface area contributed by atoms with Crippen molar-refractivity contribution in [3.8, 4) is 0 Å². The number of nitrogens with zero attached hydrogens (tertiary/aromatic N) is 13. The minimum absolute atomic E-state index is 0.0331. The molecule has 0 spiro atoms. The molecule has 39 nitrogen and oxygen atoms in total. The van der Waals surface area contributed by atoms with Crippen LogP contribution < -0.4 is 69.1 Å². The van der Waals surface area contributed by atoms with E-state index in [4.69, 9.17) is 0 Å². The number of amides is 13. The fraction of sp³-hybridized carbons (Fsp3) is 0.379. The van der Waals surface area contributed by atoms with E-state index in [1.54, 1.807) is 73.3 Å². The molecule has 0 fully saturated rings. The zero-order valence-electron chi connectivity index (χ0n) is 59.9. The van der Waals surface area contributed by atoms with Crippen molar-refractivity contribution in [2.75, 3.05) is 102 Å². The summed E-state index contributed by atoms with van der Waals surface area (Å²) in [7, 11) is 14.7. The monoisotopic (exact) mass is 1480 g/mol. The Balaban J connectivity index is 0.686. The summed E-state index contributed by atoms with van der Waals surface area (Å²) in [4.78, 5) is 186. The standard InChI is InChI=1S/C66H86N26O13S/c1-84(25-12-19-68-54(97)38-106)24-11-18-67-50(93)14-20-71-60(99)45-29-41(33-88(45)5)77-66(105)58-83-49(37-92(58)9)80-53(96)16-22-73-62(101)46-30-42(34-89(46)6)76-64(103)56-81-47(35-90(56)7)78-51(94)13-10-17-70-59(98)43-28-40(32-86(43)3)75-65(104)57-82-48(36-91(57)8)79-52(95)15-21-72-61(100)44-27-39(31-87(44)4)74-63(102)55-69-23-26-85(55)2/h23,26-37,106H,10-22,24-25,38H2,1-9H3,(H,67,93)(H,68,97)(H,70,98)(H,71,99)(H,72,100)(H,73,101)(H,74,102)(H,75,104)(H,76,103)(H,77,105)(H,78,94)(H,79,95)(H,80,96). The van der Waals surface area contributed by atoms with E-state index in [-0.39, 0.29) is 151 Å². The molecule has 0 unspecified atom stereocenters. The third-order valence-corrected chi connectivity index (χ3v) is 16.3. The normalized spacial score (nSPS) is 11.0. The molecule has 0 aliphatic rings. The van der Waals surface area contributed by atoms with Gasteiger partial charge in [0.15, 0.2) is 23.3 Å². The van der Waals surface area contributed by atoms with Crippen molar-refractivity contribution in [3.05, 3.63) is 126 Å². The Morgan fingerprint density at radius 1 is 0.340 bits per heavy atom. The summed E-state index contributed by atoms with van der Waals surface area (Å²) < 4.78 is 11.8. The van der Waals surface area contributed by atoms with E-state index < -0.39 is 65.0 Å². The zero-order chi connectivity index (χ0) is 76.9. The van der Waals surface area contributed by atoms with Crippen LogP contribution in [0.15, 0.2) is 80.0 Å². The van der Waals surface area contributed by atoms with Crippen LogP contribution in [0.3, 0.4) is 0 Å². The lowest BCUT2D eigenvalue weighted by Crippen LogP contribution is -2.33. The molecular formula is C66H86N26O13S. The second kappa shape index (κ2) is 37.0. The highest BCUT2D eigenvalue weighted by Crippen LogP contribution is 2.21. The molecule has 13 N–H and O–H groups in total. The lowest BCUT2D eigenvalue weighted by Gasteiger charge is -2.16. The fourth-order valence-electron chi connectivity index (χ4n) is 10.7. The molecule has 0 aliphatic heterocycles. The SMILES string of the molecule is CN(CCCNC(=O)CS)CCCNC(=O)CCNC(=O)c1cc(NC(=O)c2nc(NC(=O)CCNC(=O)c3cc(NC(=O)c4nc(NC(=O)CCCNC(=O)c5cc(NC(=O)c6nc(NC(=O)CCNC(=O)c7cc(NC(=O)c8nccn8C)cn7C)cn6C)cn5C)cn4C)cn3C)cn2C)cn1C. The molecule has 0 aliphatic carbocycles. The number of hydrogen-bond donors (Lipinski definition) is 14. The first-order valence-electron chi connectivity index (χ1n) is 33.4. The fourth-order valence-corrected chi connectivity index (χ4v) is 10.8. The Labute approximate surface area is 612 Å². The third kappa shape index (κ3) is 22.4. The number of carbonyl (C=O) groups excluding carboxylic acids is 13. The van der Waals surface area contributed by atoms with Crippen molar-refractivity contribution in [2.24, 2.45) is 56.4 Å². The molecule has 8 aromatic heterocycles. The van der Waals surface area contributed by atoms with Crippen LogP contribution in [0.1, 0.15) is 129 Å². The van der Waals surface area contributed by atoms with Gasteiger partial charge >= 0.3 is 0 Å². The molecule has 106 heavy (non-hydrogen) atoms. The summed E-state index contributed by atoms with van der Waals surface area (Å²) in [5, 5.41) is 35.1. The Hall–Kier alpha value is -12.6. The highest BCUT2D eigenvalue weighted by atomic mass is 32.1. The van der Waals surface area contributed by atoms with Gasteiger partial charge in [-0.3, -0.25) is 62.3 Å². The molecular weight excluding hydrogens is 1400 g/mol. The number of imidazole rings is 4. The molecule has 0 radical (unpaired) electrons. The summed E-state index contributed by atoms with van der Waals surface area (Å²) in [6, 6.07) is 5.84. The summed E-state index contributed by atoms with van der Waals surface area (Å²) in [6.07, 6.45) is 15.0. The molecule has 0 saturated heterocycles. The number of nitrogens with one attached hydrogen (secondary N) is 13. The Bertz CT molecular complexity index is 4600. The molecule has 8 aromatic rings. The summed E-state index contributed by atoms with van der Waals surface area (Å²) in [6.45, 7) is 2.62. The number of anilines is 7. The van der Waals surface area contributed by atoms with Gasteiger partial charge in [0.05, 0.1) is 28.5 Å². The van der Waals surface area contributed by atoms with E-state index in [1.165, 1.54) is 99.6 Å². The lowest BCUT2D eigenvalue weighted by atomic mass is 10.3. The maximum atomic E-state index is 13.4. The number of carbonyl (C=O) groups is 13. The van der Waals surface area contributed by atoms with Gasteiger partial charge in [-0.25, -0.2) is 19.9 Å². The van der Waals surface area contributed by atoms with Crippen LogP contribution in [0.5, 0.6) is 0 Å². The molecule has 8 heterocycles. The number of aromatic nitrogens is 12. The number of aryl methyl sites for hydroxylation is 8. The second-order valence-corrected chi connectivity index (χ2v) is 25.0. The minimum Gasteiger partial charge on any atom is -0.356 e. The van der Waals surface area contributed by atoms with E-state index in [0.717, 1.165) is 25.9 Å². The predicted octanol–water partition coefficient (Wildman–Crippen LogP) is 0.644. The van der Waals surface area contributed by atoms with Crippen LogP contribution >= 0.6 is 12.6 Å². The van der Waals surface area contributed by atoms with E-state index in [2.05, 4.69) is 107 Å². The first kappa shape index (κ1) is 79.1. The first-order valence-corrected chi connectivity index (χ1v) is 34.0. The third-order valence-electron chi connectivity index (χ3n) is 16.0. The highest BCUT2D eigenvalue weighted by molar-refractivity contribution is 7.81. The van der Waals surface area contributed by atoms with E-state index in [9.17, 15) is 62.3 Å². The van der Waals surface area contributed by atoms with Gasteiger partial charge in [-0.15, -0.1) is 0 Å². The zero-order valence-corrected chi connectivity index (χ0v) is 60.8. The van der Waals surface area contributed by atoms with Crippen molar-refractivity contribution < 1.29 is 62.3 Å². The van der Waals surface area contributed by atoms with E-state index >= 15 is 0 Å². The topological polar surface area (TPSA) is 473 Å². The van der Waals surface area contributed by atoms with Crippen molar-refractivity contribution in [1.29, 1.82) is 0 Å². The largest absolute Gasteiger partial charge is 0.356 e. The van der Waals surface area contributed by atoms with Crippen LogP contribution in [-0.2, 0) is 80.4 Å². The second-order valence-electron chi connectivity index (χ2n) is 24.7. The van der Waals surface area contributed by atoms with Crippen molar-refractivity contribution >= 4 is 130 Å². The van der Waals surface area contributed by atoms with Crippen molar-refractivity contribution in [3.63, 3.8) is 0 Å². The Morgan fingerprint density at radius 3 is 0.991 bits per heavy atom. The molecule has 0 saturated carbocycles. The van der Waals surface area contributed by atoms with Gasteiger partial charge in [0.2, 0.25) is 47.0 Å². The first-order chi connectivity index (χ1) is 50.5. The van der Waals surface area contributed by atoms with E-state index in [1.807, 2.05) is 7.05 Å². The van der Waals surface area contributed by atoms with Gasteiger partial charge in [0.1, 0.15) is 22.8 Å². The van der Waals surface area contributed by atoms with Gasteiger partial charge in [-0.1, -0.05) is 0 Å². The van der Waals surface area contributed by atoms with Gasteiger partial charge in [-0.05, 0) is 63.7 Å². The maximum absolute atomic E-state index is 13.4. The van der Waals surface area contributed by atoms with Crippen LogP contribution in [0.25, 0.3) is 0 Å².